The van der Waals surface area contributed by atoms with Gasteiger partial charge in [-0.1, -0.05) is 78.9 Å². The number of hydrogen-bond donors (Lipinski definition) is 0. The predicted molar refractivity (Wildman–Crippen MR) is 90.0 cm³/mol. The molecule has 0 aliphatic rings. The van der Waals surface area contributed by atoms with E-state index in [-0.39, 0.29) is 5.92 Å². The minimum Gasteiger partial charge on any atom is -0.464 e. The van der Waals surface area contributed by atoms with E-state index in [1.54, 1.807) is 0 Å². The quantitative estimate of drug-likeness (QED) is 0.476. The van der Waals surface area contributed by atoms with Crippen LogP contribution in [0.5, 0.6) is 0 Å². The van der Waals surface area contributed by atoms with Gasteiger partial charge in [-0.25, -0.2) is 0 Å². The summed E-state index contributed by atoms with van der Waals surface area (Å²) in [4.78, 5) is 0. The predicted octanol–water partition coefficient (Wildman–Crippen LogP) is 5.61. The Morgan fingerprint density at radius 3 is 1.77 bits per heavy atom. The average molecular weight is 284 g/mol. The number of hydrogen-bond acceptors (Lipinski definition) is 1. The zero-order chi connectivity index (χ0) is 14.8. The molecule has 22 heavy (non-hydrogen) atoms. The van der Waals surface area contributed by atoms with Gasteiger partial charge in [-0.15, -0.1) is 0 Å². The first kappa shape index (κ1) is 12.9. The number of para-hydroxylation sites is 1. The molecule has 1 aromatic heterocycles. The van der Waals surface area contributed by atoms with Crippen LogP contribution < -0.4 is 0 Å². The van der Waals surface area contributed by atoms with Crippen LogP contribution in [0, 0.1) is 0 Å². The van der Waals surface area contributed by atoms with Crippen LogP contribution in [-0.4, -0.2) is 0 Å². The van der Waals surface area contributed by atoms with Crippen LogP contribution in [0.1, 0.15) is 22.6 Å². The maximum absolute atomic E-state index is 5.77. The molecule has 4 rings (SSSR count). The molecule has 0 fully saturated rings. The summed E-state index contributed by atoms with van der Waals surface area (Å²) in [5.41, 5.74) is 4.71. The van der Waals surface area contributed by atoms with Gasteiger partial charge in [-0.05, 0) is 17.2 Å². The van der Waals surface area contributed by atoms with Crippen molar-refractivity contribution in [2.24, 2.45) is 0 Å². The molecule has 1 heterocycles. The molecule has 0 atom stereocenters. The van der Waals surface area contributed by atoms with Crippen molar-refractivity contribution >= 4 is 11.0 Å². The van der Waals surface area contributed by atoms with E-state index >= 15 is 0 Å². The van der Waals surface area contributed by atoms with Crippen molar-refractivity contribution in [3.8, 4) is 0 Å². The summed E-state index contributed by atoms with van der Waals surface area (Å²) < 4.78 is 5.77. The Balaban J connectivity index is 1.95. The minimum atomic E-state index is 0.186. The SMILES string of the molecule is c1ccc(C(c2ccccc2)c2coc3ccccc23)cc1. The molecule has 0 saturated carbocycles. The molecule has 0 aliphatic heterocycles. The molecule has 3 aromatic carbocycles. The summed E-state index contributed by atoms with van der Waals surface area (Å²) in [5, 5.41) is 1.18. The van der Waals surface area contributed by atoms with Crippen molar-refractivity contribution in [1.82, 2.24) is 0 Å². The molecule has 0 radical (unpaired) electrons. The van der Waals surface area contributed by atoms with Gasteiger partial charge in [0.15, 0.2) is 0 Å². The molecular formula is C21H16O. The van der Waals surface area contributed by atoms with Crippen LogP contribution in [0.25, 0.3) is 11.0 Å². The van der Waals surface area contributed by atoms with Crippen LogP contribution >= 0.6 is 0 Å². The largest absolute Gasteiger partial charge is 0.464 e. The molecule has 0 N–H and O–H groups in total. The average Bonchev–Trinajstić information content (AvgIpc) is 3.01. The normalized spacial score (nSPS) is 11.1. The third kappa shape index (κ3) is 2.21. The molecule has 0 bridgehead atoms. The Hall–Kier alpha value is -2.80. The molecule has 1 heteroatoms. The number of rotatable bonds is 3. The van der Waals surface area contributed by atoms with Crippen molar-refractivity contribution < 1.29 is 4.42 Å². The first-order valence-electron chi connectivity index (χ1n) is 7.49. The molecule has 0 saturated heterocycles. The fourth-order valence-electron chi connectivity index (χ4n) is 3.06. The summed E-state index contributed by atoms with van der Waals surface area (Å²) in [6, 6.07) is 29.4. The van der Waals surface area contributed by atoms with E-state index in [4.69, 9.17) is 4.42 Å². The van der Waals surface area contributed by atoms with Gasteiger partial charge < -0.3 is 4.42 Å². The van der Waals surface area contributed by atoms with Gasteiger partial charge in [0.1, 0.15) is 5.58 Å². The lowest BCUT2D eigenvalue weighted by Crippen LogP contribution is -2.02. The second-order valence-corrected chi connectivity index (χ2v) is 5.44. The number of benzene rings is 3. The van der Waals surface area contributed by atoms with Gasteiger partial charge in [0, 0.05) is 16.9 Å². The Morgan fingerprint density at radius 2 is 1.14 bits per heavy atom. The van der Waals surface area contributed by atoms with Gasteiger partial charge in [0.2, 0.25) is 0 Å². The second kappa shape index (κ2) is 5.53. The summed E-state index contributed by atoms with van der Waals surface area (Å²) in [7, 11) is 0. The van der Waals surface area contributed by atoms with Gasteiger partial charge in [-0.2, -0.15) is 0 Å². The third-order valence-electron chi connectivity index (χ3n) is 4.09. The highest BCUT2D eigenvalue weighted by Crippen LogP contribution is 2.36. The smallest absolute Gasteiger partial charge is 0.134 e. The highest BCUT2D eigenvalue weighted by molar-refractivity contribution is 5.82. The van der Waals surface area contributed by atoms with Gasteiger partial charge in [0.05, 0.1) is 6.26 Å². The van der Waals surface area contributed by atoms with E-state index in [0.717, 1.165) is 5.58 Å². The Labute approximate surface area is 129 Å². The van der Waals surface area contributed by atoms with Crippen LogP contribution in [0.15, 0.2) is 95.6 Å². The lowest BCUT2D eigenvalue weighted by Gasteiger charge is -2.17. The van der Waals surface area contributed by atoms with E-state index in [1.807, 2.05) is 18.4 Å². The van der Waals surface area contributed by atoms with Gasteiger partial charge >= 0.3 is 0 Å². The Kier molecular flexibility index (Phi) is 3.24. The summed E-state index contributed by atoms with van der Waals surface area (Å²) in [5.74, 6) is 0.186. The second-order valence-electron chi connectivity index (χ2n) is 5.44. The molecule has 106 valence electrons. The lowest BCUT2D eigenvalue weighted by molar-refractivity contribution is 0.609. The first-order chi connectivity index (χ1) is 10.9. The number of furan rings is 1. The van der Waals surface area contributed by atoms with E-state index in [0.29, 0.717) is 0 Å². The van der Waals surface area contributed by atoms with Crippen molar-refractivity contribution in [3.63, 3.8) is 0 Å². The highest BCUT2D eigenvalue weighted by Gasteiger charge is 2.20. The van der Waals surface area contributed by atoms with Crippen LogP contribution in [0.3, 0.4) is 0 Å². The molecule has 1 nitrogen and oxygen atoms in total. The summed E-state index contributed by atoms with van der Waals surface area (Å²) >= 11 is 0. The van der Waals surface area contributed by atoms with Crippen molar-refractivity contribution in [2.75, 3.05) is 0 Å². The third-order valence-corrected chi connectivity index (χ3v) is 4.09. The van der Waals surface area contributed by atoms with Gasteiger partial charge in [-0.3, -0.25) is 0 Å². The molecule has 4 aromatic rings. The topological polar surface area (TPSA) is 13.1 Å². The van der Waals surface area contributed by atoms with Crippen molar-refractivity contribution in [1.29, 1.82) is 0 Å². The molecule has 0 aliphatic carbocycles. The van der Waals surface area contributed by atoms with Gasteiger partial charge in [0.25, 0.3) is 0 Å². The highest BCUT2D eigenvalue weighted by atomic mass is 16.3. The molecular weight excluding hydrogens is 268 g/mol. The van der Waals surface area contributed by atoms with Crippen LogP contribution in [0.4, 0.5) is 0 Å². The lowest BCUT2D eigenvalue weighted by atomic mass is 9.85. The Morgan fingerprint density at radius 1 is 0.591 bits per heavy atom. The monoisotopic (exact) mass is 284 g/mol. The van der Waals surface area contributed by atoms with Crippen LogP contribution in [-0.2, 0) is 0 Å². The number of fused-ring (bicyclic) bond motifs is 1. The van der Waals surface area contributed by atoms with E-state index in [1.165, 1.54) is 22.1 Å². The molecule has 0 spiro atoms. The molecule has 0 amide bonds. The fourth-order valence-corrected chi connectivity index (χ4v) is 3.06. The molecule has 0 unspecified atom stereocenters. The Bertz CT molecular complexity index is 836. The van der Waals surface area contributed by atoms with Crippen molar-refractivity contribution in [3.05, 3.63) is 108 Å². The summed E-state index contributed by atoms with van der Waals surface area (Å²) in [6.45, 7) is 0. The van der Waals surface area contributed by atoms with E-state index < -0.39 is 0 Å². The van der Waals surface area contributed by atoms with E-state index in [9.17, 15) is 0 Å². The fraction of sp³-hybridized carbons (Fsp3) is 0.0476. The standard InChI is InChI=1S/C21H16O/c1-3-9-16(10-4-1)21(17-11-5-2-6-12-17)19-15-22-20-14-8-7-13-18(19)20/h1-15,21H. The first-order valence-corrected chi connectivity index (χ1v) is 7.49. The van der Waals surface area contributed by atoms with Crippen LogP contribution in [0.2, 0.25) is 0 Å². The van der Waals surface area contributed by atoms with Crippen molar-refractivity contribution in [2.45, 2.75) is 5.92 Å². The summed E-state index contributed by atoms with van der Waals surface area (Å²) in [6.07, 6.45) is 1.90. The van der Waals surface area contributed by atoms with E-state index in [2.05, 4.69) is 72.8 Å². The maximum Gasteiger partial charge on any atom is 0.134 e. The zero-order valence-corrected chi connectivity index (χ0v) is 12.1. The zero-order valence-electron chi connectivity index (χ0n) is 12.1. The maximum atomic E-state index is 5.77. The minimum absolute atomic E-state index is 0.186.